The number of halogens is 2. The van der Waals surface area contributed by atoms with Crippen LogP contribution < -0.4 is 0 Å². The summed E-state index contributed by atoms with van der Waals surface area (Å²) in [7, 11) is 2.86. The molecule has 0 heterocycles. The molecule has 1 rings (SSSR count). The maximum atomic E-state index is 12.3. The summed E-state index contributed by atoms with van der Waals surface area (Å²) in [5.74, 6) is -0.956. The molecule has 1 unspecified atom stereocenters. The molecule has 3 nitrogen and oxygen atoms in total. The Morgan fingerprint density at radius 3 is 2.39 bits per heavy atom. The van der Waals surface area contributed by atoms with Gasteiger partial charge in [0.15, 0.2) is 0 Å². The number of hydrogen-bond donors (Lipinski definition) is 0. The summed E-state index contributed by atoms with van der Waals surface area (Å²) >= 11 is 0. The van der Waals surface area contributed by atoms with Crippen LogP contribution in [0.1, 0.15) is 11.5 Å². The van der Waals surface area contributed by atoms with E-state index in [1.54, 1.807) is 31.3 Å². The second-order valence-corrected chi connectivity index (χ2v) is 4.10. The zero-order valence-electron chi connectivity index (χ0n) is 10.5. The highest BCUT2D eigenvalue weighted by Gasteiger charge is 2.23. The molecule has 0 aliphatic carbocycles. The molecule has 0 aliphatic rings. The SMILES string of the molecule is COC(=O)C(CN(C)CC(F)F)c1ccccc1. The summed E-state index contributed by atoms with van der Waals surface area (Å²) in [6.07, 6.45) is -2.41. The van der Waals surface area contributed by atoms with E-state index in [9.17, 15) is 13.6 Å². The Bertz CT molecular complexity index is 371. The average molecular weight is 257 g/mol. The molecule has 1 atom stereocenters. The van der Waals surface area contributed by atoms with Gasteiger partial charge >= 0.3 is 5.97 Å². The molecule has 100 valence electrons. The molecule has 1 aromatic rings. The van der Waals surface area contributed by atoms with Crippen LogP contribution in [0.2, 0.25) is 0 Å². The van der Waals surface area contributed by atoms with E-state index >= 15 is 0 Å². The Kier molecular flexibility index (Phi) is 5.71. The Labute approximate surface area is 105 Å². The fourth-order valence-electron chi connectivity index (χ4n) is 1.77. The Morgan fingerprint density at radius 2 is 1.89 bits per heavy atom. The van der Waals surface area contributed by atoms with Gasteiger partial charge in [0.05, 0.1) is 19.6 Å². The third-order valence-corrected chi connectivity index (χ3v) is 2.63. The summed E-state index contributed by atoms with van der Waals surface area (Å²) in [5.41, 5.74) is 0.769. The zero-order valence-corrected chi connectivity index (χ0v) is 10.5. The van der Waals surface area contributed by atoms with Crippen LogP contribution in [0.5, 0.6) is 0 Å². The summed E-state index contributed by atoms with van der Waals surface area (Å²) in [4.78, 5) is 13.1. The number of esters is 1. The first-order valence-corrected chi connectivity index (χ1v) is 5.64. The Hall–Kier alpha value is -1.49. The number of likely N-dealkylation sites (N-methyl/N-ethyl adjacent to an activating group) is 1. The van der Waals surface area contributed by atoms with Crippen molar-refractivity contribution < 1.29 is 18.3 Å². The fraction of sp³-hybridized carbons (Fsp3) is 0.462. The molecule has 0 amide bonds. The molecule has 0 aliphatic heterocycles. The zero-order chi connectivity index (χ0) is 13.5. The number of nitrogens with zero attached hydrogens (tertiary/aromatic N) is 1. The lowest BCUT2D eigenvalue weighted by molar-refractivity contribution is -0.143. The van der Waals surface area contributed by atoms with E-state index in [1.165, 1.54) is 12.0 Å². The molecular formula is C13H17F2NO2. The van der Waals surface area contributed by atoms with Crippen molar-refractivity contribution in [3.8, 4) is 0 Å². The molecule has 0 bridgehead atoms. The molecule has 0 fully saturated rings. The highest BCUT2D eigenvalue weighted by Crippen LogP contribution is 2.18. The maximum absolute atomic E-state index is 12.3. The molecule has 0 N–H and O–H groups in total. The van der Waals surface area contributed by atoms with E-state index in [-0.39, 0.29) is 13.1 Å². The predicted octanol–water partition coefficient (Wildman–Crippen LogP) is 2.14. The van der Waals surface area contributed by atoms with Crippen molar-refractivity contribution in [1.29, 1.82) is 0 Å². The molecule has 1 aromatic carbocycles. The number of benzene rings is 1. The van der Waals surface area contributed by atoms with Crippen LogP contribution in [0, 0.1) is 0 Å². The number of hydrogen-bond acceptors (Lipinski definition) is 3. The van der Waals surface area contributed by atoms with E-state index in [0.29, 0.717) is 0 Å². The van der Waals surface area contributed by atoms with Crippen molar-refractivity contribution in [3.63, 3.8) is 0 Å². The first-order valence-electron chi connectivity index (χ1n) is 5.64. The van der Waals surface area contributed by atoms with Crippen LogP contribution in [0.25, 0.3) is 0 Å². The number of ether oxygens (including phenoxy) is 1. The monoisotopic (exact) mass is 257 g/mol. The van der Waals surface area contributed by atoms with Gasteiger partial charge in [-0.25, -0.2) is 8.78 Å². The Balaban J connectivity index is 2.77. The minimum atomic E-state index is -2.41. The summed E-state index contributed by atoms with van der Waals surface area (Å²) < 4.78 is 29.2. The lowest BCUT2D eigenvalue weighted by atomic mass is 9.99. The van der Waals surface area contributed by atoms with Gasteiger partial charge in [-0.1, -0.05) is 30.3 Å². The standard InChI is InChI=1S/C13H17F2NO2/c1-16(9-12(14)15)8-11(13(17)18-2)10-6-4-3-5-7-10/h3-7,11-12H,8-9H2,1-2H3. The second-order valence-electron chi connectivity index (χ2n) is 4.10. The van der Waals surface area contributed by atoms with Crippen molar-refractivity contribution in [2.45, 2.75) is 12.3 Å². The summed E-state index contributed by atoms with van der Waals surface area (Å²) in [6.45, 7) is -0.151. The number of methoxy groups -OCH3 is 1. The van der Waals surface area contributed by atoms with Crippen LogP contribution in [0.15, 0.2) is 30.3 Å². The minimum absolute atomic E-state index is 0.209. The molecule has 0 spiro atoms. The van der Waals surface area contributed by atoms with E-state index in [2.05, 4.69) is 0 Å². The van der Waals surface area contributed by atoms with Gasteiger partial charge in [-0.3, -0.25) is 9.69 Å². The fourth-order valence-corrected chi connectivity index (χ4v) is 1.77. The van der Waals surface area contributed by atoms with Gasteiger partial charge < -0.3 is 4.74 Å². The third-order valence-electron chi connectivity index (χ3n) is 2.63. The quantitative estimate of drug-likeness (QED) is 0.731. The second kappa shape index (κ2) is 7.06. The number of alkyl halides is 2. The van der Waals surface area contributed by atoms with Crippen LogP contribution in [-0.2, 0) is 9.53 Å². The predicted molar refractivity (Wildman–Crippen MR) is 64.7 cm³/mol. The van der Waals surface area contributed by atoms with Gasteiger partial charge in [0.1, 0.15) is 0 Å². The first kappa shape index (κ1) is 14.6. The van der Waals surface area contributed by atoms with Gasteiger partial charge in [-0.2, -0.15) is 0 Å². The number of rotatable bonds is 6. The largest absolute Gasteiger partial charge is 0.469 e. The van der Waals surface area contributed by atoms with E-state index in [4.69, 9.17) is 4.74 Å². The molecule has 5 heteroatoms. The number of carbonyl (C=O) groups is 1. The van der Waals surface area contributed by atoms with E-state index in [1.807, 2.05) is 6.07 Å². The topological polar surface area (TPSA) is 29.5 Å². The highest BCUT2D eigenvalue weighted by molar-refractivity contribution is 5.78. The summed E-state index contributed by atoms with van der Waals surface area (Å²) in [6, 6.07) is 9.02. The van der Waals surface area contributed by atoms with Crippen molar-refractivity contribution in [3.05, 3.63) is 35.9 Å². The minimum Gasteiger partial charge on any atom is -0.469 e. The van der Waals surface area contributed by atoms with Gasteiger partial charge in [0, 0.05) is 6.54 Å². The van der Waals surface area contributed by atoms with Gasteiger partial charge in [0.2, 0.25) is 0 Å². The van der Waals surface area contributed by atoms with Gasteiger partial charge in [-0.15, -0.1) is 0 Å². The lowest BCUT2D eigenvalue weighted by Crippen LogP contribution is -2.32. The molecular weight excluding hydrogens is 240 g/mol. The van der Waals surface area contributed by atoms with Crippen LogP contribution in [0.3, 0.4) is 0 Å². The van der Waals surface area contributed by atoms with Crippen molar-refractivity contribution in [2.24, 2.45) is 0 Å². The van der Waals surface area contributed by atoms with E-state index in [0.717, 1.165) is 5.56 Å². The lowest BCUT2D eigenvalue weighted by Gasteiger charge is -2.22. The molecule has 0 aromatic heterocycles. The van der Waals surface area contributed by atoms with Crippen molar-refractivity contribution in [1.82, 2.24) is 4.90 Å². The summed E-state index contributed by atoms with van der Waals surface area (Å²) in [5, 5.41) is 0. The first-order chi connectivity index (χ1) is 8.54. The molecule has 0 saturated heterocycles. The van der Waals surface area contributed by atoms with Crippen molar-refractivity contribution >= 4 is 5.97 Å². The van der Waals surface area contributed by atoms with E-state index < -0.39 is 18.3 Å². The maximum Gasteiger partial charge on any atom is 0.314 e. The smallest absolute Gasteiger partial charge is 0.314 e. The Morgan fingerprint density at radius 1 is 1.28 bits per heavy atom. The third kappa shape index (κ3) is 4.41. The van der Waals surface area contributed by atoms with Crippen LogP contribution in [-0.4, -0.2) is 44.5 Å². The normalized spacial score (nSPS) is 12.8. The molecule has 18 heavy (non-hydrogen) atoms. The average Bonchev–Trinajstić information content (AvgIpc) is 2.35. The number of carbonyl (C=O) groups excluding carboxylic acids is 1. The van der Waals surface area contributed by atoms with Crippen LogP contribution in [0.4, 0.5) is 8.78 Å². The van der Waals surface area contributed by atoms with Crippen molar-refractivity contribution in [2.75, 3.05) is 27.2 Å². The highest BCUT2D eigenvalue weighted by atomic mass is 19.3. The van der Waals surface area contributed by atoms with Gasteiger partial charge in [-0.05, 0) is 12.6 Å². The molecule has 0 radical (unpaired) electrons. The van der Waals surface area contributed by atoms with Gasteiger partial charge in [0.25, 0.3) is 6.43 Å². The van der Waals surface area contributed by atoms with Crippen LogP contribution >= 0.6 is 0 Å². The molecule has 0 saturated carbocycles.